The molecule has 26 heavy (non-hydrogen) atoms. The molecule has 0 atom stereocenters. The number of benzene rings is 2. The van der Waals surface area contributed by atoms with E-state index in [1.807, 2.05) is 0 Å². The Hall–Kier alpha value is -3.09. The Balaban J connectivity index is 0.000000228. The molecule has 0 saturated carbocycles. The fraction of sp³-hybridized carbons (Fsp3) is 0.316. The number of methoxy groups -OCH3 is 4. The minimum atomic E-state index is 0.110. The average Bonchev–Trinajstić information content (AvgIpc) is 2.66. The Morgan fingerprint density at radius 3 is 1.81 bits per heavy atom. The summed E-state index contributed by atoms with van der Waals surface area (Å²) in [5.41, 5.74) is 0.774. The molecular weight excluding hydrogens is 338 g/mol. The molecule has 1 fully saturated rings. The third-order valence-corrected chi connectivity index (χ3v) is 3.90. The Labute approximate surface area is 152 Å². The third kappa shape index (κ3) is 4.11. The summed E-state index contributed by atoms with van der Waals surface area (Å²) >= 11 is 0. The fourth-order valence-electron chi connectivity index (χ4n) is 2.44. The van der Waals surface area contributed by atoms with Crippen LogP contribution in [0.5, 0.6) is 28.7 Å². The van der Waals surface area contributed by atoms with Crippen LogP contribution in [0.4, 0.5) is 5.69 Å². The highest BCUT2D eigenvalue weighted by molar-refractivity contribution is 5.99. The van der Waals surface area contributed by atoms with E-state index in [4.69, 9.17) is 24.1 Å². The summed E-state index contributed by atoms with van der Waals surface area (Å²) in [7, 11) is 6.18. The van der Waals surface area contributed by atoms with Crippen LogP contribution in [0.2, 0.25) is 0 Å². The number of carbonyl (C=O) groups excluding carboxylic acids is 1. The van der Waals surface area contributed by atoms with Crippen LogP contribution in [-0.2, 0) is 4.79 Å². The number of amides is 1. The number of aromatic hydroxyl groups is 1. The highest BCUT2D eigenvalue weighted by Gasteiger charge is 2.27. The van der Waals surface area contributed by atoms with Gasteiger partial charge in [-0.3, -0.25) is 4.79 Å². The van der Waals surface area contributed by atoms with Crippen LogP contribution >= 0.6 is 0 Å². The number of anilines is 1. The number of para-hydroxylation sites is 2. The van der Waals surface area contributed by atoms with E-state index < -0.39 is 0 Å². The minimum Gasteiger partial charge on any atom is -0.504 e. The van der Waals surface area contributed by atoms with Crippen LogP contribution < -0.4 is 23.8 Å². The molecule has 1 N–H and O–H groups in total. The third-order valence-electron chi connectivity index (χ3n) is 3.90. The number of nitrogens with zero attached hydrogens (tertiary/aromatic N) is 1. The van der Waals surface area contributed by atoms with Crippen LogP contribution in [0, 0.1) is 0 Å². The summed E-state index contributed by atoms with van der Waals surface area (Å²) in [6.07, 6.45) is 0.594. The number of β-lactam (4-membered cyclic amide) rings is 1. The van der Waals surface area contributed by atoms with Gasteiger partial charge in [0.05, 0.1) is 34.1 Å². The zero-order valence-electron chi connectivity index (χ0n) is 15.3. The van der Waals surface area contributed by atoms with Gasteiger partial charge in [0.1, 0.15) is 0 Å². The van der Waals surface area contributed by atoms with Crippen LogP contribution in [0.3, 0.4) is 0 Å². The van der Waals surface area contributed by atoms with Crippen molar-refractivity contribution in [1.82, 2.24) is 0 Å². The maximum absolute atomic E-state index is 11.4. The smallest absolute Gasteiger partial charge is 0.228 e. The maximum Gasteiger partial charge on any atom is 0.228 e. The second kappa shape index (κ2) is 8.84. The molecule has 0 unspecified atom stereocenters. The second-order valence-electron chi connectivity index (χ2n) is 5.35. The van der Waals surface area contributed by atoms with Crippen LogP contribution in [0.1, 0.15) is 6.42 Å². The Morgan fingerprint density at radius 2 is 1.46 bits per heavy atom. The Bertz CT molecular complexity index is 736. The van der Waals surface area contributed by atoms with E-state index in [0.29, 0.717) is 29.4 Å². The molecule has 0 spiro atoms. The van der Waals surface area contributed by atoms with Gasteiger partial charge >= 0.3 is 0 Å². The van der Waals surface area contributed by atoms with Crippen molar-refractivity contribution in [1.29, 1.82) is 0 Å². The summed E-state index contributed by atoms with van der Waals surface area (Å²) < 4.78 is 20.5. The van der Waals surface area contributed by atoms with Gasteiger partial charge in [0.25, 0.3) is 0 Å². The molecule has 0 aliphatic carbocycles. The van der Waals surface area contributed by atoms with Gasteiger partial charge in [-0.15, -0.1) is 0 Å². The van der Waals surface area contributed by atoms with E-state index in [-0.39, 0.29) is 11.7 Å². The van der Waals surface area contributed by atoms with Crippen molar-refractivity contribution >= 4 is 11.6 Å². The molecule has 1 aliphatic rings. The van der Waals surface area contributed by atoms with Crippen molar-refractivity contribution in [3.8, 4) is 28.7 Å². The molecule has 140 valence electrons. The molecule has 3 rings (SSSR count). The summed E-state index contributed by atoms with van der Waals surface area (Å²) in [4.78, 5) is 13.1. The van der Waals surface area contributed by atoms with Gasteiger partial charge in [0, 0.05) is 25.1 Å². The molecule has 7 heteroatoms. The topological polar surface area (TPSA) is 77.5 Å². The maximum atomic E-state index is 11.4. The Morgan fingerprint density at radius 1 is 0.885 bits per heavy atom. The number of phenolic OH excluding ortho intramolecular Hbond substituents is 1. The molecular formula is C19H23NO6. The van der Waals surface area contributed by atoms with Gasteiger partial charge in [-0.1, -0.05) is 12.1 Å². The molecule has 1 amide bonds. The molecule has 0 radical (unpaired) electrons. The van der Waals surface area contributed by atoms with Crippen molar-refractivity contribution in [2.45, 2.75) is 6.42 Å². The monoisotopic (exact) mass is 361 g/mol. The van der Waals surface area contributed by atoms with E-state index in [2.05, 4.69) is 0 Å². The first kappa shape index (κ1) is 19.2. The molecule has 0 aromatic heterocycles. The number of rotatable bonds is 5. The molecule has 2 aromatic carbocycles. The van der Waals surface area contributed by atoms with Crippen LogP contribution in [-0.4, -0.2) is 46.0 Å². The lowest BCUT2D eigenvalue weighted by molar-refractivity contribution is -0.122. The van der Waals surface area contributed by atoms with Gasteiger partial charge < -0.3 is 29.0 Å². The molecule has 2 aromatic rings. The van der Waals surface area contributed by atoms with E-state index in [0.717, 1.165) is 12.2 Å². The quantitative estimate of drug-likeness (QED) is 0.825. The predicted octanol–water partition coefficient (Wildman–Crippen LogP) is 2.85. The zero-order valence-corrected chi connectivity index (χ0v) is 15.3. The van der Waals surface area contributed by atoms with E-state index >= 15 is 0 Å². The van der Waals surface area contributed by atoms with Crippen molar-refractivity contribution in [2.24, 2.45) is 0 Å². The number of hydrogen-bond donors (Lipinski definition) is 1. The van der Waals surface area contributed by atoms with Crippen LogP contribution in [0.25, 0.3) is 0 Å². The Kier molecular flexibility index (Phi) is 6.54. The first-order valence-corrected chi connectivity index (χ1v) is 7.98. The average molecular weight is 361 g/mol. The summed E-state index contributed by atoms with van der Waals surface area (Å²) in [5, 5.41) is 8.99. The van der Waals surface area contributed by atoms with E-state index in [9.17, 15) is 4.79 Å². The van der Waals surface area contributed by atoms with Gasteiger partial charge in [-0.25, -0.2) is 0 Å². The molecule has 0 bridgehead atoms. The van der Waals surface area contributed by atoms with Crippen LogP contribution in [0.15, 0.2) is 36.4 Å². The first-order chi connectivity index (χ1) is 12.5. The van der Waals surface area contributed by atoms with Crippen molar-refractivity contribution in [2.75, 3.05) is 39.9 Å². The highest BCUT2D eigenvalue weighted by Crippen LogP contribution is 2.41. The summed E-state index contributed by atoms with van der Waals surface area (Å²) in [6, 6.07) is 10.4. The zero-order chi connectivity index (χ0) is 19.1. The largest absolute Gasteiger partial charge is 0.504 e. The molecule has 7 nitrogen and oxygen atoms in total. The highest BCUT2D eigenvalue weighted by atomic mass is 16.5. The SMILES string of the molecule is COc1cc(N2CCC2=O)cc(OC)c1OC.COc1ccccc1O. The van der Waals surface area contributed by atoms with Gasteiger partial charge in [0.2, 0.25) is 11.7 Å². The lowest BCUT2D eigenvalue weighted by Crippen LogP contribution is -2.43. The summed E-state index contributed by atoms with van der Waals surface area (Å²) in [6.45, 7) is 0.734. The van der Waals surface area contributed by atoms with E-state index in [1.54, 1.807) is 62.6 Å². The normalized spacial score (nSPS) is 12.5. The number of ether oxygens (including phenoxy) is 4. The van der Waals surface area contributed by atoms with Crippen molar-refractivity contribution in [3.05, 3.63) is 36.4 Å². The van der Waals surface area contributed by atoms with Gasteiger partial charge in [0.15, 0.2) is 23.0 Å². The lowest BCUT2D eigenvalue weighted by Gasteiger charge is -2.31. The van der Waals surface area contributed by atoms with Crippen molar-refractivity contribution in [3.63, 3.8) is 0 Å². The minimum absolute atomic E-state index is 0.110. The summed E-state index contributed by atoms with van der Waals surface area (Å²) in [5.74, 6) is 2.45. The lowest BCUT2D eigenvalue weighted by atomic mass is 10.1. The van der Waals surface area contributed by atoms with E-state index in [1.165, 1.54) is 7.11 Å². The number of phenols is 1. The van der Waals surface area contributed by atoms with Gasteiger partial charge in [-0.05, 0) is 12.1 Å². The second-order valence-corrected chi connectivity index (χ2v) is 5.35. The standard InChI is InChI=1S/C12H15NO4.C7H8O2/c1-15-9-6-8(13-5-4-11(13)14)7-10(16-2)12(9)17-3;1-9-7-5-3-2-4-6(7)8/h6-7H,4-5H2,1-3H3;2-5,8H,1H3. The molecule has 1 aliphatic heterocycles. The molecule has 1 heterocycles. The number of hydrogen-bond acceptors (Lipinski definition) is 6. The van der Waals surface area contributed by atoms with Crippen molar-refractivity contribution < 1.29 is 28.8 Å². The molecule has 1 saturated heterocycles. The predicted molar refractivity (Wildman–Crippen MR) is 97.7 cm³/mol. The fourth-order valence-corrected chi connectivity index (χ4v) is 2.44. The number of carbonyl (C=O) groups is 1. The van der Waals surface area contributed by atoms with Gasteiger partial charge in [-0.2, -0.15) is 0 Å². The first-order valence-electron chi connectivity index (χ1n) is 7.98.